The summed E-state index contributed by atoms with van der Waals surface area (Å²) in [4.78, 5) is 6.51. The lowest BCUT2D eigenvalue weighted by molar-refractivity contribution is 0.257. The highest BCUT2D eigenvalue weighted by molar-refractivity contribution is 7.88. The average Bonchev–Trinajstić information content (AvgIpc) is 3.07. The van der Waals surface area contributed by atoms with Gasteiger partial charge in [0.05, 0.1) is 6.26 Å². The molecule has 2 aromatic heterocycles. The number of thiophene rings is 1. The van der Waals surface area contributed by atoms with Gasteiger partial charge in [0.15, 0.2) is 5.82 Å². The van der Waals surface area contributed by atoms with Crippen molar-refractivity contribution in [2.24, 2.45) is 0 Å². The minimum Gasteiger partial charge on any atom is -0.338 e. The first kappa shape index (κ1) is 16.6. The van der Waals surface area contributed by atoms with E-state index in [1.165, 1.54) is 16.1 Å². The molecular weight excluding hydrogens is 336 g/mol. The van der Waals surface area contributed by atoms with Crippen molar-refractivity contribution >= 4 is 21.4 Å². The molecule has 1 saturated heterocycles. The third-order valence-electron chi connectivity index (χ3n) is 3.94. The van der Waals surface area contributed by atoms with Crippen LogP contribution in [0.25, 0.3) is 0 Å². The molecule has 9 heteroatoms. The van der Waals surface area contributed by atoms with Crippen molar-refractivity contribution in [3.05, 3.63) is 34.1 Å². The van der Waals surface area contributed by atoms with Gasteiger partial charge in [0, 0.05) is 26.2 Å². The van der Waals surface area contributed by atoms with Crippen LogP contribution in [0.15, 0.2) is 21.3 Å². The lowest BCUT2D eigenvalue weighted by Gasteiger charge is -2.24. The van der Waals surface area contributed by atoms with E-state index in [1.54, 1.807) is 18.3 Å². The van der Waals surface area contributed by atoms with Crippen LogP contribution >= 0.6 is 11.3 Å². The predicted molar refractivity (Wildman–Crippen MR) is 87.5 cm³/mol. The van der Waals surface area contributed by atoms with Crippen LogP contribution in [-0.2, 0) is 16.6 Å². The zero-order valence-corrected chi connectivity index (χ0v) is 14.8. The smallest absolute Gasteiger partial charge is 0.245 e. The molecule has 0 radical (unpaired) electrons. The van der Waals surface area contributed by atoms with E-state index in [-0.39, 0.29) is 0 Å². The number of aromatic nitrogens is 2. The topological polar surface area (TPSA) is 79.5 Å². The molecule has 7 nitrogen and oxygen atoms in total. The molecule has 0 aromatic carbocycles. The highest BCUT2D eigenvalue weighted by Crippen LogP contribution is 2.28. The molecule has 1 aliphatic heterocycles. The Balaban J connectivity index is 1.80. The van der Waals surface area contributed by atoms with Gasteiger partial charge in [-0.25, -0.2) is 8.42 Å². The molecule has 23 heavy (non-hydrogen) atoms. The Morgan fingerprint density at radius 1 is 1.39 bits per heavy atom. The second-order valence-electron chi connectivity index (χ2n) is 5.77. The van der Waals surface area contributed by atoms with Crippen molar-refractivity contribution in [2.75, 3.05) is 25.9 Å². The molecule has 1 aliphatic rings. The quantitative estimate of drug-likeness (QED) is 0.829. The minimum absolute atomic E-state index is 0.380. The van der Waals surface area contributed by atoms with Crippen molar-refractivity contribution < 1.29 is 12.9 Å². The summed E-state index contributed by atoms with van der Waals surface area (Å²) in [5.41, 5.74) is 1.26. The second-order valence-corrected chi connectivity index (χ2v) is 8.48. The van der Waals surface area contributed by atoms with E-state index in [4.69, 9.17) is 4.52 Å². The number of nitrogens with zero attached hydrogens (tertiary/aromatic N) is 4. The number of hydrogen-bond donors (Lipinski definition) is 0. The lowest BCUT2D eigenvalue weighted by atomic mass is 10.2. The summed E-state index contributed by atoms with van der Waals surface area (Å²) >= 11 is 1.67. The molecular formula is C14H20N4O3S2. The number of rotatable bonds is 4. The molecule has 3 heterocycles. The summed E-state index contributed by atoms with van der Waals surface area (Å²) in [6.45, 7) is 4.46. The van der Waals surface area contributed by atoms with Gasteiger partial charge in [-0.05, 0) is 35.7 Å². The Morgan fingerprint density at radius 2 is 2.22 bits per heavy atom. The van der Waals surface area contributed by atoms with Crippen LogP contribution in [0.4, 0.5) is 0 Å². The van der Waals surface area contributed by atoms with Gasteiger partial charge in [-0.3, -0.25) is 4.90 Å². The Kier molecular flexibility index (Phi) is 4.81. The molecule has 2 aromatic rings. The van der Waals surface area contributed by atoms with Crippen LogP contribution in [0.5, 0.6) is 0 Å². The summed E-state index contributed by atoms with van der Waals surface area (Å²) in [6.07, 6.45) is 1.87. The predicted octanol–water partition coefficient (Wildman–Crippen LogP) is 1.65. The van der Waals surface area contributed by atoms with Gasteiger partial charge in [-0.15, -0.1) is 0 Å². The van der Waals surface area contributed by atoms with Gasteiger partial charge in [0.2, 0.25) is 15.9 Å². The SMILES string of the molecule is Cc1noc(C2CCN(Cc3ccsc3)CCN2S(C)(=O)=O)n1. The van der Waals surface area contributed by atoms with Crippen molar-refractivity contribution in [3.8, 4) is 0 Å². The van der Waals surface area contributed by atoms with Gasteiger partial charge >= 0.3 is 0 Å². The molecule has 0 N–H and O–H groups in total. The molecule has 1 unspecified atom stereocenters. The summed E-state index contributed by atoms with van der Waals surface area (Å²) in [7, 11) is -3.34. The zero-order chi connectivity index (χ0) is 16.4. The first-order valence-electron chi connectivity index (χ1n) is 7.44. The molecule has 1 atom stereocenters. The zero-order valence-electron chi connectivity index (χ0n) is 13.2. The molecule has 0 aliphatic carbocycles. The van der Waals surface area contributed by atoms with Gasteiger partial charge in [0.25, 0.3) is 0 Å². The summed E-state index contributed by atoms with van der Waals surface area (Å²) in [6, 6.07) is 1.71. The van der Waals surface area contributed by atoms with E-state index in [1.807, 2.05) is 0 Å². The summed E-state index contributed by atoms with van der Waals surface area (Å²) in [5.74, 6) is 0.901. The summed E-state index contributed by atoms with van der Waals surface area (Å²) in [5, 5.41) is 7.98. The first-order valence-corrected chi connectivity index (χ1v) is 10.2. The normalized spacial score (nSPS) is 21.4. The standard InChI is InChI=1S/C14H20N4O3S2/c1-11-15-14(21-16-11)13-3-5-17(9-12-4-8-22-10-12)6-7-18(13)23(2,19)20/h4,8,10,13H,3,5-7,9H2,1-2H3. The maximum atomic E-state index is 12.2. The fourth-order valence-corrected chi connectivity index (χ4v) is 4.58. The molecule has 0 amide bonds. The van der Waals surface area contributed by atoms with Crippen molar-refractivity contribution in [1.29, 1.82) is 0 Å². The van der Waals surface area contributed by atoms with E-state index in [0.717, 1.165) is 13.1 Å². The molecule has 1 fully saturated rings. The fourth-order valence-electron chi connectivity index (χ4n) is 2.85. The van der Waals surface area contributed by atoms with E-state index in [2.05, 4.69) is 31.9 Å². The van der Waals surface area contributed by atoms with Crippen LogP contribution in [0, 0.1) is 6.92 Å². The highest BCUT2D eigenvalue weighted by Gasteiger charge is 2.34. The van der Waals surface area contributed by atoms with Gasteiger partial charge < -0.3 is 4.52 Å². The van der Waals surface area contributed by atoms with E-state index in [0.29, 0.717) is 31.2 Å². The number of aryl methyl sites for hydroxylation is 1. The largest absolute Gasteiger partial charge is 0.338 e. The lowest BCUT2D eigenvalue weighted by Crippen LogP contribution is -2.36. The maximum absolute atomic E-state index is 12.2. The third-order valence-corrected chi connectivity index (χ3v) is 5.96. The molecule has 0 bridgehead atoms. The van der Waals surface area contributed by atoms with Crippen LogP contribution in [0.2, 0.25) is 0 Å². The van der Waals surface area contributed by atoms with Crippen LogP contribution in [0.1, 0.15) is 29.7 Å². The van der Waals surface area contributed by atoms with Crippen LogP contribution in [-0.4, -0.2) is 53.7 Å². The van der Waals surface area contributed by atoms with E-state index >= 15 is 0 Å². The summed E-state index contributed by atoms with van der Waals surface area (Å²) < 4.78 is 31.1. The molecule has 0 spiro atoms. The maximum Gasteiger partial charge on any atom is 0.245 e. The average molecular weight is 356 g/mol. The third kappa shape index (κ3) is 3.97. The first-order chi connectivity index (χ1) is 10.9. The highest BCUT2D eigenvalue weighted by atomic mass is 32.2. The van der Waals surface area contributed by atoms with Gasteiger partial charge in [-0.2, -0.15) is 20.6 Å². The van der Waals surface area contributed by atoms with E-state index < -0.39 is 16.1 Å². The molecule has 126 valence electrons. The van der Waals surface area contributed by atoms with Gasteiger partial charge in [0.1, 0.15) is 6.04 Å². The monoisotopic (exact) mass is 356 g/mol. The Bertz CT molecular complexity index is 742. The van der Waals surface area contributed by atoms with Crippen LogP contribution in [0.3, 0.4) is 0 Å². The number of hydrogen-bond acceptors (Lipinski definition) is 7. The van der Waals surface area contributed by atoms with Crippen molar-refractivity contribution in [2.45, 2.75) is 25.9 Å². The Labute approximate surface area is 140 Å². The number of sulfonamides is 1. The van der Waals surface area contributed by atoms with Crippen LogP contribution < -0.4 is 0 Å². The minimum atomic E-state index is -3.34. The second kappa shape index (κ2) is 6.68. The Hall–Kier alpha value is -1.29. The fraction of sp³-hybridized carbons (Fsp3) is 0.571. The van der Waals surface area contributed by atoms with Gasteiger partial charge in [-0.1, -0.05) is 5.16 Å². The molecule has 3 rings (SSSR count). The molecule has 0 saturated carbocycles. The van der Waals surface area contributed by atoms with Crippen molar-refractivity contribution in [1.82, 2.24) is 19.3 Å². The van der Waals surface area contributed by atoms with E-state index in [9.17, 15) is 8.42 Å². The Morgan fingerprint density at radius 3 is 2.83 bits per heavy atom. The van der Waals surface area contributed by atoms with Crippen molar-refractivity contribution in [3.63, 3.8) is 0 Å².